The zero-order valence-electron chi connectivity index (χ0n) is 32.6. The highest BCUT2D eigenvalue weighted by Gasteiger charge is 2.45. The standard InChI is InChI=1S/C51H48BN3S/c1-56(2,3)49-29-17-15-27-45(49)55(46-28-16-18-30-50(46)56)40-31-32-44-42(35-40)52-41-25-13-14-26-43(41)53(38-21-9-5-10-22-38)47-33-37(36-19-7-4-8-20-36)34-48(51(47)52)54(44)39-23-11-6-12-24-39/h5-6,9-18,21-36,56H,4,7-8,19-20H2,1-3H3. The smallest absolute Gasteiger partial charge is 0.252 e. The maximum atomic E-state index is 2.58. The summed E-state index contributed by atoms with van der Waals surface area (Å²) in [5.74, 6) is 0.564. The van der Waals surface area contributed by atoms with Crippen LogP contribution in [0.3, 0.4) is 0 Å². The second kappa shape index (κ2) is 12.4. The van der Waals surface area contributed by atoms with Gasteiger partial charge in [0.2, 0.25) is 0 Å². The number of thiol groups is 1. The Labute approximate surface area is 332 Å². The Kier molecular flexibility index (Phi) is 7.47. The lowest BCUT2D eigenvalue weighted by Crippen LogP contribution is -2.61. The van der Waals surface area contributed by atoms with Crippen molar-refractivity contribution in [2.45, 2.75) is 47.8 Å². The van der Waals surface area contributed by atoms with Crippen molar-refractivity contribution in [1.29, 1.82) is 0 Å². The van der Waals surface area contributed by atoms with Gasteiger partial charge in [0.05, 0.1) is 11.4 Å². The Morgan fingerprint density at radius 2 is 0.911 bits per heavy atom. The number of nitrogens with zero attached hydrogens (tertiary/aromatic N) is 3. The fraction of sp³-hybridized carbons (Fsp3) is 0.176. The van der Waals surface area contributed by atoms with Crippen LogP contribution in [0.2, 0.25) is 0 Å². The van der Waals surface area contributed by atoms with E-state index in [2.05, 4.69) is 197 Å². The van der Waals surface area contributed by atoms with Gasteiger partial charge in [0, 0.05) is 49.6 Å². The summed E-state index contributed by atoms with van der Waals surface area (Å²) < 4.78 is 0. The van der Waals surface area contributed by atoms with E-state index in [1.54, 1.807) is 0 Å². The highest BCUT2D eigenvalue weighted by molar-refractivity contribution is 8.48. The molecule has 276 valence electrons. The molecule has 1 aliphatic carbocycles. The third-order valence-electron chi connectivity index (χ3n) is 13.3. The van der Waals surface area contributed by atoms with Gasteiger partial charge in [-0.25, -0.2) is 9.16 Å². The van der Waals surface area contributed by atoms with Gasteiger partial charge < -0.3 is 14.7 Å². The van der Waals surface area contributed by atoms with E-state index in [-0.39, 0.29) is 6.71 Å². The molecule has 5 heteroatoms. The summed E-state index contributed by atoms with van der Waals surface area (Å²) in [5.41, 5.74) is 16.9. The molecule has 0 N–H and O–H groups in total. The molecule has 3 heterocycles. The fourth-order valence-corrected chi connectivity index (χ4v) is 14.1. The van der Waals surface area contributed by atoms with Crippen LogP contribution in [0, 0.1) is 0 Å². The molecule has 3 nitrogen and oxygen atoms in total. The van der Waals surface area contributed by atoms with Gasteiger partial charge in [0.25, 0.3) is 6.71 Å². The molecule has 11 rings (SSSR count). The molecule has 4 aliphatic rings. The molecule has 0 bridgehead atoms. The van der Waals surface area contributed by atoms with Crippen molar-refractivity contribution in [2.24, 2.45) is 0 Å². The maximum absolute atomic E-state index is 2.58. The van der Waals surface area contributed by atoms with Crippen LogP contribution in [-0.2, 0) is 0 Å². The van der Waals surface area contributed by atoms with E-state index < -0.39 is 9.16 Å². The molecule has 0 spiro atoms. The second-order valence-electron chi connectivity index (χ2n) is 17.5. The summed E-state index contributed by atoms with van der Waals surface area (Å²) in [6.07, 6.45) is 14.0. The van der Waals surface area contributed by atoms with Gasteiger partial charge in [0.15, 0.2) is 0 Å². The molecular formula is C51H48BN3S. The molecule has 56 heavy (non-hydrogen) atoms. The van der Waals surface area contributed by atoms with Crippen molar-refractivity contribution in [3.63, 3.8) is 0 Å². The highest BCUT2D eigenvalue weighted by Crippen LogP contribution is 2.79. The second-order valence-corrected chi connectivity index (χ2v) is 24.0. The SMILES string of the molecule is C[SH]1(C)(C)c2ccccc2N(c2ccc3c(c2)B2c4ccccc4N(c4ccccc4)c4cc(C5CCCCC5)cc(c42)N3c2ccccc2)c2ccccc21. The molecule has 0 radical (unpaired) electrons. The van der Waals surface area contributed by atoms with Crippen LogP contribution in [0.25, 0.3) is 0 Å². The first-order valence-corrected chi connectivity index (χ1v) is 24.0. The van der Waals surface area contributed by atoms with Crippen molar-refractivity contribution >= 4 is 83.4 Å². The van der Waals surface area contributed by atoms with E-state index >= 15 is 0 Å². The molecule has 7 aromatic carbocycles. The number of hydrogen-bond acceptors (Lipinski definition) is 3. The van der Waals surface area contributed by atoms with Crippen LogP contribution in [0.15, 0.2) is 174 Å². The van der Waals surface area contributed by atoms with Gasteiger partial charge in [-0.1, -0.05) is 98.1 Å². The van der Waals surface area contributed by atoms with Crippen molar-refractivity contribution in [3.8, 4) is 0 Å². The summed E-state index contributed by atoms with van der Waals surface area (Å²) in [6, 6.07) is 62.1. The minimum atomic E-state index is -2.42. The monoisotopic (exact) mass is 745 g/mol. The quantitative estimate of drug-likeness (QED) is 0.142. The zero-order valence-corrected chi connectivity index (χ0v) is 33.5. The first-order valence-electron chi connectivity index (χ1n) is 20.5. The van der Waals surface area contributed by atoms with Crippen LogP contribution in [0.4, 0.5) is 51.2 Å². The topological polar surface area (TPSA) is 9.72 Å². The molecule has 0 saturated heterocycles. The number of anilines is 9. The van der Waals surface area contributed by atoms with E-state index in [1.807, 2.05) is 0 Å². The number of para-hydroxylation sites is 5. The van der Waals surface area contributed by atoms with Crippen molar-refractivity contribution in [2.75, 3.05) is 33.5 Å². The Balaban J connectivity index is 1.21. The maximum Gasteiger partial charge on any atom is 0.252 e. The number of benzene rings is 7. The van der Waals surface area contributed by atoms with E-state index in [0.29, 0.717) is 5.92 Å². The lowest BCUT2D eigenvalue weighted by atomic mass is 9.33. The van der Waals surface area contributed by atoms with Crippen molar-refractivity contribution in [3.05, 3.63) is 169 Å². The van der Waals surface area contributed by atoms with Gasteiger partial charge in [-0.15, -0.1) is 0 Å². The van der Waals surface area contributed by atoms with E-state index in [0.717, 1.165) is 0 Å². The summed E-state index contributed by atoms with van der Waals surface area (Å²) in [7, 11) is -2.42. The predicted molar refractivity (Wildman–Crippen MR) is 244 cm³/mol. The Hall–Kier alpha value is -5.65. The minimum absolute atomic E-state index is 0.0597. The third kappa shape index (κ3) is 4.93. The molecule has 0 aromatic heterocycles. The van der Waals surface area contributed by atoms with Gasteiger partial charge in [-0.2, -0.15) is 0 Å². The summed E-state index contributed by atoms with van der Waals surface area (Å²) >= 11 is 0. The summed E-state index contributed by atoms with van der Waals surface area (Å²) in [5, 5.41) is 0. The molecule has 0 atom stereocenters. The van der Waals surface area contributed by atoms with E-state index in [1.165, 1.54) is 115 Å². The van der Waals surface area contributed by atoms with Crippen LogP contribution < -0.4 is 31.1 Å². The number of hydrogen-bond donors (Lipinski definition) is 1. The molecule has 0 unspecified atom stereocenters. The zero-order chi connectivity index (χ0) is 37.6. The lowest BCUT2D eigenvalue weighted by molar-refractivity contribution is 0.444. The largest absolute Gasteiger partial charge is 0.311 e. The average Bonchev–Trinajstić information content (AvgIpc) is 3.24. The molecule has 1 fully saturated rings. The Bertz CT molecular complexity index is 2590. The van der Waals surface area contributed by atoms with Crippen molar-refractivity contribution < 1.29 is 0 Å². The van der Waals surface area contributed by atoms with Gasteiger partial charge in [-0.3, -0.25) is 0 Å². The molecule has 1 saturated carbocycles. The number of fused-ring (bicyclic) bond motifs is 6. The summed E-state index contributed by atoms with van der Waals surface area (Å²) in [6.45, 7) is 0.0597. The first kappa shape index (κ1) is 33.7. The molecule has 3 aliphatic heterocycles. The van der Waals surface area contributed by atoms with Crippen LogP contribution in [-0.4, -0.2) is 25.5 Å². The Morgan fingerprint density at radius 3 is 1.50 bits per heavy atom. The van der Waals surface area contributed by atoms with Crippen LogP contribution in [0.5, 0.6) is 0 Å². The molecule has 7 aromatic rings. The Morgan fingerprint density at radius 1 is 0.429 bits per heavy atom. The third-order valence-corrected chi connectivity index (χ3v) is 17.4. The van der Waals surface area contributed by atoms with Crippen LogP contribution >= 0.6 is 9.16 Å². The van der Waals surface area contributed by atoms with Crippen molar-refractivity contribution in [1.82, 2.24) is 0 Å². The number of rotatable bonds is 4. The first-order chi connectivity index (χ1) is 27.4. The average molecular weight is 746 g/mol. The van der Waals surface area contributed by atoms with E-state index in [4.69, 9.17) is 0 Å². The highest BCUT2D eigenvalue weighted by atomic mass is 32.3. The lowest BCUT2D eigenvalue weighted by Gasteiger charge is -2.58. The minimum Gasteiger partial charge on any atom is -0.311 e. The molecule has 0 amide bonds. The fourth-order valence-electron chi connectivity index (χ4n) is 10.6. The van der Waals surface area contributed by atoms with Gasteiger partial charge >= 0.3 is 0 Å². The predicted octanol–water partition coefficient (Wildman–Crippen LogP) is 12.0. The summed E-state index contributed by atoms with van der Waals surface area (Å²) in [4.78, 5) is 10.6. The van der Waals surface area contributed by atoms with Gasteiger partial charge in [-0.05, 0) is 144 Å². The van der Waals surface area contributed by atoms with E-state index in [9.17, 15) is 0 Å². The normalized spacial score (nSPS) is 18.1. The van der Waals surface area contributed by atoms with Gasteiger partial charge in [0.1, 0.15) is 0 Å². The van der Waals surface area contributed by atoms with Crippen LogP contribution in [0.1, 0.15) is 43.6 Å². The molecular weight excluding hydrogens is 697 g/mol.